The molecule has 0 aliphatic heterocycles. The second-order valence-electron chi connectivity index (χ2n) is 5.92. The number of nitrogens with one attached hydrogen (secondary N) is 1. The first-order chi connectivity index (χ1) is 14.1. The van der Waals surface area contributed by atoms with Crippen LogP contribution in [-0.2, 0) is 0 Å². The molecule has 4 rings (SSSR count). The van der Waals surface area contributed by atoms with Crippen LogP contribution < -0.4 is 5.32 Å². The molecule has 1 N–H and O–H groups in total. The Balaban J connectivity index is 1.48. The minimum atomic E-state index is -0.443. The third-order valence-corrected chi connectivity index (χ3v) is 5.20. The number of carbonyl (C=O) groups excluding carboxylic acids is 1. The Morgan fingerprint density at radius 2 is 1.79 bits per heavy atom. The average molecular weight is 426 g/mol. The van der Waals surface area contributed by atoms with Crippen LogP contribution in [0.15, 0.2) is 67.0 Å². The monoisotopic (exact) mass is 425 g/mol. The van der Waals surface area contributed by atoms with Crippen molar-refractivity contribution in [1.82, 2.24) is 20.0 Å². The number of anilines is 1. The van der Waals surface area contributed by atoms with Crippen molar-refractivity contribution >= 4 is 45.6 Å². The minimum Gasteiger partial charge on any atom is -0.320 e. The van der Waals surface area contributed by atoms with Crippen LogP contribution in [0.25, 0.3) is 16.8 Å². The second-order valence-corrected chi connectivity index (χ2v) is 7.30. The molecule has 4 aromatic rings. The summed E-state index contributed by atoms with van der Waals surface area (Å²) in [6.07, 6.45) is 5.22. The summed E-state index contributed by atoms with van der Waals surface area (Å²) in [6.45, 7) is 0. The van der Waals surface area contributed by atoms with E-state index in [0.717, 1.165) is 22.6 Å². The molecule has 0 radical (unpaired) electrons. The molecule has 2 aromatic carbocycles. The van der Waals surface area contributed by atoms with Crippen molar-refractivity contribution in [2.24, 2.45) is 0 Å². The first-order valence-corrected chi connectivity index (χ1v) is 9.66. The Kier molecular flexibility index (Phi) is 5.46. The van der Waals surface area contributed by atoms with Gasteiger partial charge in [0.15, 0.2) is 5.01 Å². The van der Waals surface area contributed by atoms with Gasteiger partial charge in [-0.15, -0.1) is 10.2 Å². The van der Waals surface area contributed by atoms with Gasteiger partial charge in [0.1, 0.15) is 5.82 Å². The summed E-state index contributed by atoms with van der Waals surface area (Å²) in [7, 11) is 0. The van der Waals surface area contributed by atoms with E-state index in [2.05, 4.69) is 20.6 Å². The highest BCUT2D eigenvalue weighted by atomic mass is 35.5. The molecule has 0 bridgehead atoms. The fourth-order valence-electron chi connectivity index (χ4n) is 2.47. The first-order valence-electron chi connectivity index (χ1n) is 8.46. The summed E-state index contributed by atoms with van der Waals surface area (Å²) < 4.78 is 14.7. The predicted molar refractivity (Wildman–Crippen MR) is 112 cm³/mol. The van der Waals surface area contributed by atoms with Crippen molar-refractivity contribution < 1.29 is 9.18 Å². The van der Waals surface area contributed by atoms with E-state index in [9.17, 15) is 9.18 Å². The van der Waals surface area contributed by atoms with E-state index in [1.165, 1.54) is 24.3 Å². The quantitative estimate of drug-likeness (QED) is 0.496. The van der Waals surface area contributed by atoms with Crippen LogP contribution in [0.2, 0.25) is 0 Å². The molecule has 6 nitrogen and oxygen atoms in total. The van der Waals surface area contributed by atoms with Crippen LogP contribution in [0.4, 0.5) is 10.1 Å². The first kappa shape index (κ1) is 19.0. The number of benzene rings is 2. The summed E-state index contributed by atoms with van der Waals surface area (Å²) in [5.74, 6) is -0.824. The normalized spacial score (nSPS) is 11.4. The van der Waals surface area contributed by atoms with Gasteiger partial charge in [-0.1, -0.05) is 41.1 Å². The van der Waals surface area contributed by atoms with Crippen LogP contribution in [-0.4, -0.2) is 25.9 Å². The number of hydrogen-bond donors (Lipinski definition) is 1. The summed E-state index contributed by atoms with van der Waals surface area (Å²) in [4.78, 5) is 12.3. The summed E-state index contributed by atoms with van der Waals surface area (Å²) in [5.41, 5.74) is 2.17. The molecule has 0 fully saturated rings. The van der Waals surface area contributed by atoms with Gasteiger partial charge in [-0.05, 0) is 42.5 Å². The highest BCUT2D eigenvalue weighted by Crippen LogP contribution is 2.26. The fraction of sp³-hybridized carbons (Fsp3) is 0. The van der Waals surface area contributed by atoms with E-state index in [1.807, 2.05) is 36.5 Å². The maximum Gasteiger partial charge on any atom is 0.286 e. The highest BCUT2D eigenvalue weighted by Gasteiger charge is 2.15. The van der Waals surface area contributed by atoms with E-state index >= 15 is 0 Å². The molecule has 0 aliphatic rings. The molecule has 0 unspecified atom stereocenters. The molecule has 144 valence electrons. The van der Waals surface area contributed by atoms with E-state index in [1.54, 1.807) is 17.0 Å². The number of nitrogens with zero attached hydrogens (tertiary/aromatic N) is 4. The summed E-state index contributed by atoms with van der Waals surface area (Å²) in [6, 6.07) is 15.1. The molecule has 0 spiro atoms. The van der Waals surface area contributed by atoms with Crippen molar-refractivity contribution in [1.29, 1.82) is 0 Å². The molecule has 0 saturated heterocycles. The number of para-hydroxylation sites is 1. The van der Waals surface area contributed by atoms with Gasteiger partial charge in [-0.25, -0.2) is 9.07 Å². The van der Waals surface area contributed by atoms with E-state index < -0.39 is 5.91 Å². The maximum absolute atomic E-state index is 13.0. The van der Waals surface area contributed by atoms with Crippen molar-refractivity contribution in [3.05, 3.63) is 88.4 Å². The zero-order valence-electron chi connectivity index (χ0n) is 14.8. The predicted octanol–water partition coefficient (Wildman–Crippen LogP) is 4.85. The molecule has 2 heterocycles. The highest BCUT2D eigenvalue weighted by molar-refractivity contribution is 7.15. The lowest BCUT2D eigenvalue weighted by Gasteiger charge is -2.01. The van der Waals surface area contributed by atoms with Crippen molar-refractivity contribution in [2.45, 2.75) is 0 Å². The lowest BCUT2D eigenvalue weighted by Crippen LogP contribution is -2.11. The Bertz CT molecular complexity index is 1170. The maximum atomic E-state index is 13.0. The van der Waals surface area contributed by atoms with E-state index in [-0.39, 0.29) is 10.8 Å². The number of aromatic nitrogens is 4. The molecular formula is C20H13ClFN5OS. The second kappa shape index (κ2) is 8.34. The molecule has 2 aromatic heterocycles. The lowest BCUT2D eigenvalue weighted by molar-refractivity contribution is 0.102. The van der Waals surface area contributed by atoms with Gasteiger partial charge in [0.2, 0.25) is 5.01 Å². The Hall–Kier alpha value is -3.36. The Morgan fingerprint density at radius 3 is 2.55 bits per heavy atom. The third kappa shape index (κ3) is 4.56. The number of rotatable bonds is 5. The molecule has 0 saturated carbocycles. The largest absolute Gasteiger partial charge is 0.320 e. The van der Waals surface area contributed by atoms with Crippen LogP contribution >= 0.6 is 22.9 Å². The minimum absolute atomic E-state index is 0.149. The van der Waals surface area contributed by atoms with Crippen LogP contribution in [0, 0.1) is 5.82 Å². The molecular weight excluding hydrogens is 413 g/mol. The molecule has 1 amide bonds. The van der Waals surface area contributed by atoms with Gasteiger partial charge >= 0.3 is 0 Å². The number of carbonyl (C=O) groups is 1. The van der Waals surface area contributed by atoms with Crippen LogP contribution in [0.5, 0.6) is 0 Å². The lowest BCUT2D eigenvalue weighted by atomic mass is 10.3. The van der Waals surface area contributed by atoms with Gasteiger partial charge < -0.3 is 5.32 Å². The van der Waals surface area contributed by atoms with Gasteiger partial charge in [-0.3, -0.25) is 4.79 Å². The van der Waals surface area contributed by atoms with Crippen molar-refractivity contribution in [3.63, 3.8) is 0 Å². The fourth-order valence-corrected chi connectivity index (χ4v) is 3.40. The van der Waals surface area contributed by atoms with Crippen LogP contribution in [0.3, 0.4) is 0 Å². The topological polar surface area (TPSA) is 72.7 Å². The number of hydrogen-bond acceptors (Lipinski definition) is 5. The summed E-state index contributed by atoms with van der Waals surface area (Å²) in [5, 5.41) is 15.7. The standard InChI is InChI=1S/C20H13ClFN5OS/c21-17(10-13-11-23-27(12-13)16-4-2-1-3-5-16)19-25-26-20(29-19)18(28)24-15-8-6-14(22)7-9-15/h1-12H,(H,24,28)/b17-10-. The number of halogens is 2. The van der Waals surface area contributed by atoms with E-state index in [4.69, 9.17) is 11.6 Å². The van der Waals surface area contributed by atoms with Gasteiger partial charge in [0.25, 0.3) is 5.91 Å². The van der Waals surface area contributed by atoms with Gasteiger partial charge in [0, 0.05) is 17.4 Å². The molecule has 29 heavy (non-hydrogen) atoms. The van der Waals surface area contributed by atoms with Crippen molar-refractivity contribution in [2.75, 3.05) is 5.32 Å². The van der Waals surface area contributed by atoms with Crippen LogP contribution in [0.1, 0.15) is 20.4 Å². The average Bonchev–Trinajstić information content (AvgIpc) is 3.40. The molecule has 0 atom stereocenters. The zero-order chi connectivity index (χ0) is 20.2. The van der Waals surface area contributed by atoms with Gasteiger partial charge in [0.05, 0.1) is 16.9 Å². The van der Waals surface area contributed by atoms with E-state index in [0.29, 0.717) is 15.7 Å². The van der Waals surface area contributed by atoms with Crippen molar-refractivity contribution in [3.8, 4) is 5.69 Å². The number of amides is 1. The molecule has 9 heteroatoms. The SMILES string of the molecule is O=C(Nc1ccc(F)cc1)c1nnc(/C(Cl)=C/c2cnn(-c3ccccc3)c2)s1. The molecule has 0 aliphatic carbocycles. The Labute approximate surface area is 174 Å². The third-order valence-electron chi connectivity index (χ3n) is 3.84. The van der Waals surface area contributed by atoms with Gasteiger partial charge in [-0.2, -0.15) is 5.10 Å². The Morgan fingerprint density at radius 1 is 1.07 bits per heavy atom. The zero-order valence-corrected chi connectivity index (χ0v) is 16.4. The summed E-state index contributed by atoms with van der Waals surface area (Å²) >= 11 is 7.41. The smallest absolute Gasteiger partial charge is 0.286 e.